The molecule has 124 valence electrons. The zero-order valence-electron chi connectivity index (χ0n) is 13.6. The van der Waals surface area contributed by atoms with Crippen molar-refractivity contribution < 1.29 is 0 Å². The van der Waals surface area contributed by atoms with Crippen LogP contribution in [0.5, 0.6) is 0 Å². The maximum Gasteiger partial charge on any atom is 0.153 e. The normalized spacial score (nSPS) is 10.8. The Hall–Kier alpha value is -3.55. The summed E-state index contributed by atoms with van der Waals surface area (Å²) in [5.74, 6) is 0.742. The Labute approximate surface area is 143 Å². The second-order valence-electron chi connectivity index (χ2n) is 5.55. The van der Waals surface area contributed by atoms with Crippen LogP contribution < -0.4 is 5.32 Å². The van der Waals surface area contributed by atoms with Gasteiger partial charge in [0, 0.05) is 35.8 Å². The lowest BCUT2D eigenvalue weighted by Crippen LogP contribution is -2.03. The summed E-state index contributed by atoms with van der Waals surface area (Å²) in [4.78, 5) is 4.16. The number of aryl methyl sites for hydroxylation is 1. The average Bonchev–Trinajstić information content (AvgIpc) is 3.30. The zero-order valence-corrected chi connectivity index (χ0v) is 13.6. The first kappa shape index (κ1) is 15.0. The minimum Gasteiger partial charge on any atom is -0.381 e. The molecule has 4 rings (SSSR count). The molecule has 0 radical (unpaired) electrons. The van der Waals surface area contributed by atoms with Crippen molar-refractivity contribution in [3.8, 4) is 16.9 Å². The first-order valence-corrected chi connectivity index (χ1v) is 7.83. The van der Waals surface area contributed by atoms with Crippen molar-refractivity contribution in [2.45, 2.75) is 13.5 Å². The SMILES string of the molecule is Cc1nnnn1-c1cccc(NCc2cn[nH]c2-c2cccnc2)c1. The Kier molecular flexibility index (Phi) is 3.91. The van der Waals surface area contributed by atoms with E-state index in [0.29, 0.717) is 6.54 Å². The molecule has 0 fully saturated rings. The van der Waals surface area contributed by atoms with Crippen LogP contribution in [0.25, 0.3) is 16.9 Å². The van der Waals surface area contributed by atoms with Gasteiger partial charge in [-0.15, -0.1) is 5.10 Å². The highest BCUT2D eigenvalue weighted by atomic mass is 15.5. The monoisotopic (exact) mass is 332 g/mol. The number of benzene rings is 1. The van der Waals surface area contributed by atoms with Gasteiger partial charge in [0.25, 0.3) is 0 Å². The standard InChI is InChI=1S/C17H16N8/c1-12-21-23-24-25(12)16-6-2-5-15(8-16)19-10-14-11-20-22-17(14)13-4-3-7-18-9-13/h2-9,11,19H,10H2,1H3,(H,20,22). The number of H-pyrrole nitrogens is 1. The highest BCUT2D eigenvalue weighted by Gasteiger charge is 2.08. The largest absolute Gasteiger partial charge is 0.381 e. The summed E-state index contributed by atoms with van der Waals surface area (Å²) in [6.45, 7) is 2.50. The number of nitrogens with zero attached hydrogens (tertiary/aromatic N) is 6. The van der Waals surface area contributed by atoms with E-state index >= 15 is 0 Å². The molecule has 0 atom stereocenters. The highest BCUT2D eigenvalue weighted by molar-refractivity contribution is 5.62. The van der Waals surface area contributed by atoms with Crippen LogP contribution >= 0.6 is 0 Å². The van der Waals surface area contributed by atoms with Crippen LogP contribution in [0.4, 0.5) is 5.69 Å². The molecule has 1 aromatic carbocycles. The van der Waals surface area contributed by atoms with Gasteiger partial charge in [-0.2, -0.15) is 9.78 Å². The van der Waals surface area contributed by atoms with Crippen LogP contribution in [-0.2, 0) is 6.54 Å². The smallest absolute Gasteiger partial charge is 0.153 e. The van der Waals surface area contributed by atoms with Gasteiger partial charge < -0.3 is 5.32 Å². The molecule has 8 nitrogen and oxygen atoms in total. The van der Waals surface area contributed by atoms with Crippen molar-refractivity contribution in [3.05, 3.63) is 66.4 Å². The molecule has 4 aromatic rings. The predicted molar refractivity (Wildman–Crippen MR) is 93.0 cm³/mol. The van der Waals surface area contributed by atoms with Crippen molar-refractivity contribution in [2.75, 3.05) is 5.32 Å². The second-order valence-corrected chi connectivity index (χ2v) is 5.55. The zero-order chi connectivity index (χ0) is 17.1. The fraction of sp³-hybridized carbons (Fsp3) is 0.118. The molecular formula is C17H16N8. The summed E-state index contributed by atoms with van der Waals surface area (Å²) in [6, 6.07) is 11.9. The third-order valence-corrected chi connectivity index (χ3v) is 3.87. The third kappa shape index (κ3) is 3.09. The van der Waals surface area contributed by atoms with Gasteiger partial charge in [-0.3, -0.25) is 10.1 Å². The van der Waals surface area contributed by atoms with Gasteiger partial charge in [0.1, 0.15) is 0 Å². The number of rotatable bonds is 5. The maximum atomic E-state index is 4.16. The van der Waals surface area contributed by atoms with Crippen molar-refractivity contribution in [1.82, 2.24) is 35.4 Å². The van der Waals surface area contributed by atoms with E-state index < -0.39 is 0 Å². The average molecular weight is 332 g/mol. The number of nitrogens with one attached hydrogen (secondary N) is 2. The molecule has 0 aliphatic heterocycles. The number of hydrogen-bond acceptors (Lipinski definition) is 6. The lowest BCUT2D eigenvalue weighted by atomic mass is 10.1. The molecule has 0 amide bonds. The molecule has 3 heterocycles. The second kappa shape index (κ2) is 6.52. The summed E-state index contributed by atoms with van der Waals surface area (Å²) in [5, 5.41) is 22.2. The van der Waals surface area contributed by atoms with Crippen molar-refractivity contribution in [3.63, 3.8) is 0 Å². The number of aromatic nitrogens is 7. The predicted octanol–water partition coefficient (Wildman–Crippen LogP) is 2.37. The Balaban J connectivity index is 1.53. The van der Waals surface area contributed by atoms with Crippen molar-refractivity contribution in [2.24, 2.45) is 0 Å². The van der Waals surface area contributed by atoms with Gasteiger partial charge in [0.05, 0.1) is 17.6 Å². The maximum absolute atomic E-state index is 4.16. The van der Waals surface area contributed by atoms with Gasteiger partial charge in [0.2, 0.25) is 0 Å². The Morgan fingerprint density at radius 3 is 2.92 bits per heavy atom. The number of tetrazole rings is 1. The van der Waals surface area contributed by atoms with Crippen LogP contribution in [0.1, 0.15) is 11.4 Å². The number of anilines is 1. The molecule has 0 saturated carbocycles. The van der Waals surface area contributed by atoms with E-state index in [0.717, 1.165) is 34.0 Å². The van der Waals surface area contributed by atoms with Crippen molar-refractivity contribution >= 4 is 5.69 Å². The van der Waals surface area contributed by atoms with Gasteiger partial charge in [-0.1, -0.05) is 6.07 Å². The van der Waals surface area contributed by atoms with Crippen LogP contribution in [0.2, 0.25) is 0 Å². The number of pyridine rings is 1. The van der Waals surface area contributed by atoms with Crippen LogP contribution in [-0.4, -0.2) is 35.4 Å². The fourth-order valence-electron chi connectivity index (χ4n) is 2.62. The molecule has 2 N–H and O–H groups in total. The quantitative estimate of drug-likeness (QED) is 0.582. The van der Waals surface area contributed by atoms with E-state index in [2.05, 4.69) is 36.0 Å². The summed E-state index contributed by atoms with van der Waals surface area (Å²) < 4.78 is 1.70. The third-order valence-electron chi connectivity index (χ3n) is 3.87. The van der Waals surface area contributed by atoms with Crippen LogP contribution in [0.15, 0.2) is 55.0 Å². The molecule has 8 heteroatoms. The van der Waals surface area contributed by atoms with E-state index in [1.54, 1.807) is 10.9 Å². The minimum atomic E-state index is 0.638. The molecule has 0 aliphatic carbocycles. The Morgan fingerprint density at radius 2 is 2.12 bits per heavy atom. The summed E-state index contributed by atoms with van der Waals surface area (Å²) in [5.41, 5.74) is 4.93. The summed E-state index contributed by atoms with van der Waals surface area (Å²) in [7, 11) is 0. The first-order valence-electron chi connectivity index (χ1n) is 7.83. The highest BCUT2D eigenvalue weighted by Crippen LogP contribution is 2.21. The van der Waals surface area contributed by atoms with E-state index in [1.165, 1.54) is 0 Å². The Morgan fingerprint density at radius 1 is 1.16 bits per heavy atom. The molecule has 0 bridgehead atoms. The summed E-state index contributed by atoms with van der Waals surface area (Å²) in [6.07, 6.45) is 5.40. The van der Waals surface area contributed by atoms with E-state index in [-0.39, 0.29) is 0 Å². The van der Waals surface area contributed by atoms with Gasteiger partial charge in [0.15, 0.2) is 5.82 Å². The number of hydrogen-bond donors (Lipinski definition) is 2. The fourth-order valence-corrected chi connectivity index (χ4v) is 2.62. The minimum absolute atomic E-state index is 0.638. The van der Waals surface area contributed by atoms with E-state index in [9.17, 15) is 0 Å². The first-order chi connectivity index (χ1) is 12.3. The molecule has 0 unspecified atom stereocenters. The molecule has 25 heavy (non-hydrogen) atoms. The van der Waals surface area contributed by atoms with Crippen LogP contribution in [0.3, 0.4) is 0 Å². The molecular weight excluding hydrogens is 316 g/mol. The molecule has 0 saturated heterocycles. The van der Waals surface area contributed by atoms with Gasteiger partial charge >= 0.3 is 0 Å². The number of aromatic amines is 1. The van der Waals surface area contributed by atoms with E-state index in [1.807, 2.05) is 55.7 Å². The molecule has 3 aromatic heterocycles. The molecule has 0 aliphatic rings. The topological polar surface area (TPSA) is 97.2 Å². The lowest BCUT2D eigenvalue weighted by molar-refractivity contribution is 0.779. The van der Waals surface area contributed by atoms with Crippen molar-refractivity contribution in [1.29, 1.82) is 0 Å². The Bertz CT molecular complexity index is 973. The van der Waals surface area contributed by atoms with Gasteiger partial charge in [-0.05, 0) is 47.7 Å². The van der Waals surface area contributed by atoms with E-state index in [4.69, 9.17) is 0 Å². The van der Waals surface area contributed by atoms with Gasteiger partial charge in [-0.25, -0.2) is 0 Å². The van der Waals surface area contributed by atoms with Crippen LogP contribution in [0, 0.1) is 6.92 Å². The molecule has 0 spiro atoms. The summed E-state index contributed by atoms with van der Waals surface area (Å²) >= 11 is 0. The lowest BCUT2D eigenvalue weighted by Gasteiger charge is -2.09.